The van der Waals surface area contributed by atoms with Crippen LogP contribution in [-0.4, -0.2) is 45.5 Å². The van der Waals surface area contributed by atoms with Crippen LogP contribution in [0.5, 0.6) is 0 Å². The number of ether oxygens (including phenoxy) is 1. The van der Waals surface area contributed by atoms with Crippen molar-refractivity contribution in [3.63, 3.8) is 0 Å². The number of benzene rings is 2. The highest BCUT2D eigenvalue weighted by molar-refractivity contribution is 5.96. The van der Waals surface area contributed by atoms with Crippen molar-refractivity contribution in [3.05, 3.63) is 71.4 Å². The van der Waals surface area contributed by atoms with Crippen LogP contribution in [0.4, 0.5) is 10.6 Å². The standard InChI is InChI=1S/C26H28N4O5/c1-4-15(2)23(25(32)33)28-24(31)21-13-22(30(3)29-21)27-26(34)35-14-20-18-11-7-5-9-16(18)17-10-6-8-12-19(17)20/h5-13,15,20,23H,4,14H2,1-3H3,(H,27,34)(H,28,31)(H,32,33). The number of aliphatic carboxylic acids is 1. The quantitative estimate of drug-likeness (QED) is 0.452. The van der Waals surface area contributed by atoms with Gasteiger partial charge in [0, 0.05) is 19.0 Å². The van der Waals surface area contributed by atoms with Crippen LogP contribution in [0.25, 0.3) is 11.1 Å². The average Bonchev–Trinajstić information content (AvgIpc) is 3.38. The van der Waals surface area contributed by atoms with Crippen LogP contribution in [0.1, 0.15) is 47.8 Å². The molecule has 2 amide bonds. The van der Waals surface area contributed by atoms with E-state index in [2.05, 4.69) is 27.9 Å². The molecule has 35 heavy (non-hydrogen) atoms. The second kappa shape index (κ2) is 10.0. The molecule has 3 aromatic rings. The summed E-state index contributed by atoms with van der Waals surface area (Å²) in [5.74, 6) is -1.81. The number of aromatic nitrogens is 2. The Balaban J connectivity index is 1.41. The lowest BCUT2D eigenvalue weighted by molar-refractivity contribution is -0.140. The van der Waals surface area contributed by atoms with Gasteiger partial charge in [0.1, 0.15) is 18.5 Å². The topological polar surface area (TPSA) is 123 Å². The highest BCUT2D eigenvalue weighted by Crippen LogP contribution is 2.44. The smallest absolute Gasteiger partial charge is 0.412 e. The predicted molar refractivity (Wildman–Crippen MR) is 130 cm³/mol. The van der Waals surface area contributed by atoms with Gasteiger partial charge in [0.15, 0.2) is 5.69 Å². The molecule has 9 nitrogen and oxygen atoms in total. The first-order chi connectivity index (χ1) is 16.8. The van der Waals surface area contributed by atoms with Crippen molar-refractivity contribution in [1.29, 1.82) is 0 Å². The molecule has 2 unspecified atom stereocenters. The molecule has 3 N–H and O–H groups in total. The molecule has 182 valence electrons. The minimum Gasteiger partial charge on any atom is -0.480 e. The summed E-state index contributed by atoms with van der Waals surface area (Å²) in [6.07, 6.45) is -0.0848. The minimum absolute atomic E-state index is 0.00370. The highest BCUT2D eigenvalue weighted by atomic mass is 16.5. The van der Waals surface area contributed by atoms with Crippen molar-refractivity contribution >= 4 is 23.8 Å². The Morgan fingerprint density at radius 1 is 1.09 bits per heavy atom. The van der Waals surface area contributed by atoms with E-state index < -0.39 is 24.0 Å². The van der Waals surface area contributed by atoms with E-state index in [4.69, 9.17) is 4.74 Å². The molecule has 9 heteroatoms. The normalized spacial score (nSPS) is 13.9. The number of anilines is 1. The minimum atomic E-state index is -1.11. The van der Waals surface area contributed by atoms with E-state index in [1.807, 2.05) is 43.3 Å². The SMILES string of the molecule is CCC(C)C(NC(=O)c1cc(NC(=O)OCC2c3ccccc3-c3ccccc32)n(C)n1)C(=O)O. The van der Waals surface area contributed by atoms with E-state index >= 15 is 0 Å². The van der Waals surface area contributed by atoms with Gasteiger partial charge in [-0.15, -0.1) is 0 Å². The van der Waals surface area contributed by atoms with Gasteiger partial charge in [0.25, 0.3) is 5.91 Å². The summed E-state index contributed by atoms with van der Waals surface area (Å²) in [4.78, 5) is 36.6. The van der Waals surface area contributed by atoms with Crippen molar-refractivity contribution in [2.24, 2.45) is 13.0 Å². The molecular formula is C26H28N4O5. The molecule has 1 aliphatic carbocycles. The summed E-state index contributed by atoms with van der Waals surface area (Å²) in [6, 6.07) is 16.5. The largest absolute Gasteiger partial charge is 0.480 e. The zero-order chi connectivity index (χ0) is 25.1. The van der Waals surface area contributed by atoms with Crippen molar-refractivity contribution in [2.45, 2.75) is 32.2 Å². The predicted octanol–water partition coefficient (Wildman–Crippen LogP) is 4.01. The number of hydrogen-bond donors (Lipinski definition) is 3. The molecule has 0 fully saturated rings. The lowest BCUT2D eigenvalue weighted by Gasteiger charge is -2.19. The highest BCUT2D eigenvalue weighted by Gasteiger charge is 2.30. The molecule has 0 aliphatic heterocycles. The molecule has 1 aromatic heterocycles. The van der Waals surface area contributed by atoms with Gasteiger partial charge < -0.3 is 15.2 Å². The molecule has 0 saturated carbocycles. The van der Waals surface area contributed by atoms with Crippen LogP contribution in [0.2, 0.25) is 0 Å². The maximum absolute atomic E-state index is 12.6. The number of carboxylic acids is 1. The number of carbonyl (C=O) groups excluding carboxylic acids is 2. The van der Waals surface area contributed by atoms with Gasteiger partial charge in [-0.1, -0.05) is 68.8 Å². The molecule has 0 radical (unpaired) electrons. The van der Waals surface area contributed by atoms with Crippen molar-refractivity contribution in [2.75, 3.05) is 11.9 Å². The van der Waals surface area contributed by atoms with Gasteiger partial charge in [-0.25, -0.2) is 9.59 Å². The number of carboxylic acid groups (broad SMARTS) is 1. The van der Waals surface area contributed by atoms with Crippen molar-refractivity contribution < 1.29 is 24.2 Å². The molecule has 0 bridgehead atoms. The molecule has 0 spiro atoms. The van der Waals surface area contributed by atoms with Crippen LogP contribution in [0.3, 0.4) is 0 Å². The van der Waals surface area contributed by atoms with E-state index in [1.54, 1.807) is 14.0 Å². The third-order valence-electron chi connectivity index (χ3n) is 6.45. The molecule has 4 rings (SSSR count). The fraction of sp³-hybridized carbons (Fsp3) is 0.308. The fourth-order valence-electron chi connectivity index (χ4n) is 4.33. The number of amides is 2. The van der Waals surface area contributed by atoms with Crippen LogP contribution in [-0.2, 0) is 16.6 Å². The second-order valence-electron chi connectivity index (χ2n) is 8.66. The van der Waals surface area contributed by atoms with Gasteiger partial charge in [0.05, 0.1) is 0 Å². The number of hydrogen-bond acceptors (Lipinski definition) is 5. The Morgan fingerprint density at radius 2 is 1.69 bits per heavy atom. The summed E-state index contributed by atoms with van der Waals surface area (Å²) in [6.45, 7) is 3.76. The first-order valence-electron chi connectivity index (χ1n) is 11.5. The maximum atomic E-state index is 12.6. The van der Waals surface area contributed by atoms with Crippen LogP contribution in [0.15, 0.2) is 54.6 Å². The summed E-state index contributed by atoms with van der Waals surface area (Å²) < 4.78 is 6.87. The molecule has 2 aromatic carbocycles. The molecule has 2 atom stereocenters. The lowest BCUT2D eigenvalue weighted by Crippen LogP contribution is -2.45. The second-order valence-corrected chi connectivity index (χ2v) is 8.66. The molecule has 1 aliphatic rings. The first-order valence-corrected chi connectivity index (χ1v) is 11.5. The lowest BCUT2D eigenvalue weighted by atomic mass is 9.98. The van der Waals surface area contributed by atoms with E-state index in [0.717, 1.165) is 22.3 Å². The van der Waals surface area contributed by atoms with E-state index in [9.17, 15) is 19.5 Å². The van der Waals surface area contributed by atoms with Crippen molar-refractivity contribution in [1.82, 2.24) is 15.1 Å². The Bertz CT molecular complexity index is 1220. The van der Waals surface area contributed by atoms with Crippen LogP contribution in [0, 0.1) is 5.92 Å². The van der Waals surface area contributed by atoms with E-state index in [1.165, 1.54) is 10.7 Å². The Labute approximate surface area is 203 Å². The zero-order valence-electron chi connectivity index (χ0n) is 19.8. The fourth-order valence-corrected chi connectivity index (χ4v) is 4.33. The molecular weight excluding hydrogens is 448 g/mol. The summed E-state index contributed by atoms with van der Waals surface area (Å²) in [5.41, 5.74) is 4.48. The van der Waals surface area contributed by atoms with Crippen molar-refractivity contribution in [3.8, 4) is 11.1 Å². The van der Waals surface area contributed by atoms with Crippen LogP contribution < -0.4 is 10.6 Å². The zero-order valence-corrected chi connectivity index (χ0v) is 19.8. The number of nitrogens with one attached hydrogen (secondary N) is 2. The van der Waals surface area contributed by atoms with E-state index in [-0.39, 0.29) is 30.0 Å². The van der Waals surface area contributed by atoms with Gasteiger partial charge in [0.2, 0.25) is 0 Å². The molecule has 1 heterocycles. The maximum Gasteiger partial charge on any atom is 0.412 e. The van der Waals surface area contributed by atoms with Crippen LogP contribution >= 0.6 is 0 Å². The Morgan fingerprint density at radius 3 is 2.26 bits per heavy atom. The Hall–Kier alpha value is -4.14. The summed E-state index contributed by atoms with van der Waals surface area (Å²) >= 11 is 0. The summed E-state index contributed by atoms with van der Waals surface area (Å²) in [5, 5.41) is 18.6. The number of nitrogens with zero attached hydrogens (tertiary/aromatic N) is 2. The third-order valence-corrected chi connectivity index (χ3v) is 6.45. The monoisotopic (exact) mass is 476 g/mol. The number of fused-ring (bicyclic) bond motifs is 3. The molecule has 0 saturated heterocycles. The van der Waals surface area contributed by atoms with E-state index in [0.29, 0.717) is 6.42 Å². The third kappa shape index (κ3) is 4.89. The summed E-state index contributed by atoms with van der Waals surface area (Å²) in [7, 11) is 1.57. The van der Waals surface area contributed by atoms with Gasteiger partial charge in [-0.05, 0) is 28.2 Å². The number of aryl methyl sites for hydroxylation is 1. The first kappa shape index (κ1) is 24.0. The Kier molecular flexibility index (Phi) is 6.86. The number of carbonyl (C=O) groups is 3. The number of rotatable bonds is 8. The van der Waals surface area contributed by atoms with Gasteiger partial charge >= 0.3 is 12.1 Å². The van der Waals surface area contributed by atoms with Gasteiger partial charge in [-0.2, -0.15) is 5.10 Å². The average molecular weight is 477 g/mol. The van der Waals surface area contributed by atoms with Gasteiger partial charge in [-0.3, -0.25) is 14.8 Å².